The first-order valence-corrected chi connectivity index (χ1v) is 9.68. The fourth-order valence-electron chi connectivity index (χ4n) is 2.16. The maximum absolute atomic E-state index is 12.5. The van der Waals surface area contributed by atoms with E-state index in [4.69, 9.17) is 22.2 Å². The van der Waals surface area contributed by atoms with Gasteiger partial charge >= 0.3 is 5.97 Å². The number of nitrogens with one attached hydrogen (secondary N) is 2. The third-order valence-corrected chi connectivity index (χ3v) is 4.89. The van der Waals surface area contributed by atoms with Crippen molar-refractivity contribution >= 4 is 75.3 Å². The van der Waals surface area contributed by atoms with Crippen LogP contribution in [-0.2, 0) is 19.6 Å². The van der Waals surface area contributed by atoms with E-state index in [0.29, 0.717) is 15.8 Å². The van der Waals surface area contributed by atoms with Crippen molar-refractivity contribution in [2.75, 3.05) is 6.54 Å². The molecule has 9 nitrogen and oxygen atoms in total. The average Bonchev–Trinajstić information content (AvgIpc) is 2.58. The van der Waals surface area contributed by atoms with Crippen molar-refractivity contribution < 1.29 is 17.9 Å². The van der Waals surface area contributed by atoms with E-state index in [-0.39, 0.29) is 35.5 Å². The lowest BCUT2D eigenvalue weighted by molar-refractivity contribution is -0.153. The lowest BCUT2D eigenvalue weighted by atomic mass is 10.1. The first-order valence-electron chi connectivity index (χ1n) is 7.82. The molecule has 162 valence electrons. The van der Waals surface area contributed by atoms with Gasteiger partial charge in [-0.25, -0.2) is 24.2 Å². The molecule has 2 aromatic rings. The molecule has 1 aromatic carbocycles. The van der Waals surface area contributed by atoms with Gasteiger partial charge in [0, 0.05) is 17.0 Å². The van der Waals surface area contributed by atoms with E-state index in [9.17, 15) is 13.2 Å². The Balaban J connectivity index is 0.00000392. The number of esters is 1. The van der Waals surface area contributed by atoms with Gasteiger partial charge in [-0.05, 0) is 32.9 Å². The monoisotopic (exact) mass is 485 g/mol. The van der Waals surface area contributed by atoms with Crippen LogP contribution in [0.15, 0.2) is 34.3 Å². The standard InChI is InChI=1S/C16H20ClN5O4S.2ClH/c1-16(2,3)26-14(23)8-22-27(24,25)10-4-5-11-12(6-10)15(20-9-21-18)19-7-13(11)17;;/h4-7,9,22H,8,18H2,1-3H3,(H,19,20,21);2*1H. The van der Waals surface area contributed by atoms with Gasteiger partial charge in [-0.2, -0.15) is 4.72 Å². The number of carbonyl (C=O) groups is 1. The predicted molar refractivity (Wildman–Crippen MR) is 118 cm³/mol. The summed E-state index contributed by atoms with van der Waals surface area (Å²) in [6.07, 6.45) is 2.61. The SMILES string of the molecule is CC(C)(C)OC(=O)CNS(=O)(=O)c1ccc2c(Cl)cnc(N=CNN)c2c1.Cl.Cl. The van der Waals surface area contributed by atoms with Crippen molar-refractivity contribution in [1.29, 1.82) is 0 Å². The van der Waals surface area contributed by atoms with E-state index in [0.717, 1.165) is 0 Å². The Hall–Kier alpha value is -1.69. The summed E-state index contributed by atoms with van der Waals surface area (Å²) >= 11 is 6.11. The van der Waals surface area contributed by atoms with Gasteiger partial charge in [0.05, 0.1) is 9.92 Å². The number of fused-ring (bicyclic) bond motifs is 1. The molecule has 13 heteroatoms. The smallest absolute Gasteiger partial charge is 0.321 e. The Kier molecular flexibility index (Phi) is 10.3. The van der Waals surface area contributed by atoms with E-state index in [1.165, 1.54) is 30.7 Å². The number of ether oxygens (including phenoxy) is 1. The van der Waals surface area contributed by atoms with Crippen LogP contribution < -0.4 is 16.0 Å². The molecule has 0 aliphatic heterocycles. The minimum atomic E-state index is -3.97. The number of rotatable bonds is 6. The number of hydrogen-bond donors (Lipinski definition) is 3. The second kappa shape index (κ2) is 10.9. The number of hydrazine groups is 1. The minimum absolute atomic E-state index is 0. The Bertz CT molecular complexity index is 994. The minimum Gasteiger partial charge on any atom is -0.459 e. The summed E-state index contributed by atoms with van der Waals surface area (Å²) in [6, 6.07) is 4.28. The van der Waals surface area contributed by atoms with Gasteiger partial charge in [0.2, 0.25) is 10.0 Å². The maximum atomic E-state index is 12.5. The molecule has 2 rings (SSSR count). The van der Waals surface area contributed by atoms with Gasteiger partial charge in [-0.15, -0.1) is 24.8 Å². The van der Waals surface area contributed by atoms with Crippen LogP contribution >= 0.6 is 36.4 Å². The molecule has 0 unspecified atom stereocenters. The third-order valence-electron chi connectivity index (χ3n) is 3.19. The van der Waals surface area contributed by atoms with Crippen LogP contribution in [-0.4, -0.2) is 37.9 Å². The number of nitrogens with two attached hydrogens (primary N) is 1. The zero-order valence-electron chi connectivity index (χ0n) is 15.8. The first kappa shape index (κ1) is 27.3. The van der Waals surface area contributed by atoms with Crippen LogP contribution in [0.3, 0.4) is 0 Å². The lowest BCUT2D eigenvalue weighted by Gasteiger charge is -2.19. The van der Waals surface area contributed by atoms with E-state index in [2.05, 4.69) is 20.1 Å². The normalized spacial score (nSPS) is 11.6. The van der Waals surface area contributed by atoms with Crippen molar-refractivity contribution in [1.82, 2.24) is 15.1 Å². The Morgan fingerprint density at radius 3 is 2.55 bits per heavy atom. The Morgan fingerprint density at radius 1 is 1.31 bits per heavy atom. The van der Waals surface area contributed by atoms with Crippen LogP contribution in [0.4, 0.5) is 5.82 Å². The Morgan fingerprint density at radius 2 is 1.97 bits per heavy atom. The van der Waals surface area contributed by atoms with Crippen molar-refractivity contribution in [3.8, 4) is 0 Å². The molecular formula is C16H22Cl3N5O4S. The first-order chi connectivity index (χ1) is 12.5. The molecule has 0 aliphatic carbocycles. The Labute approximate surface area is 186 Å². The topological polar surface area (TPSA) is 136 Å². The molecule has 0 amide bonds. The fourth-order valence-corrected chi connectivity index (χ4v) is 3.37. The second-order valence-electron chi connectivity index (χ2n) is 6.47. The van der Waals surface area contributed by atoms with Crippen LogP contribution in [0, 0.1) is 0 Å². The molecule has 0 bridgehead atoms. The van der Waals surface area contributed by atoms with Gasteiger partial charge in [0.25, 0.3) is 0 Å². The summed E-state index contributed by atoms with van der Waals surface area (Å²) < 4.78 is 32.3. The van der Waals surface area contributed by atoms with E-state index in [1.54, 1.807) is 20.8 Å². The predicted octanol–water partition coefficient (Wildman–Crippen LogP) is 2.47. The van der Waals surface area contributed by atoms with Gasteiger partial charge in [-0.1, -0.05) is 17.7 Å². The zero-order valence-corrected chi connectivity index (χ0v) is 19.0. The molecule has 0 aliphatic rings. The van der Waals surface area contributed by atoms with Crippen molar-refractivity contribution in [2.45, 2.75) is 31.3 Å². The molecular weight excluding hydrogens is 465 g/mol. The van der Waals surface area contributed by atoms with Gasteiger partial charge < -0.3 is 10.2 Å². The van der Waals surface area contributed by atoms with E-state index >= 15 is 0 Å². The summed E-state index contributed by atoms with van der Waals surface area (Å²) in [5.41, 5.74) is 1.53. The molecule has 1 aromatic heterocycles. The van der Waals surface area contributed by atoms with Crippen molar-refractivity contribution in [3.63, 3.8) is 0 Å². The van der Waals surface area contributed by atoms with Crippen LogP contribution in [0.1, 0.15) is 20.8 Å². The number of carbonyl (C=O) groups excluding carboxylic acids is 1. The van der Waals surface area contributed by atoms with Crippen LogP contribution in [0.5, 0.6) is 0 Å². The van der Waals surface area contributed by atoms with E-state index < -0.39 is 28.1 Å². The fraction of sp³-hybridized carbons (Fsp3) is 0.312. The number of aliphatic imine (C=N–C) groups is 1. The second-order valence-corrected chi connectivity index (χ2v) is 8.65. The number of pyridine rings is 1. The van der Waals surface area contributed by atoms with Crippen LogP contribution in [0.25, 0.3) is 10.8 Å². The van der Waals surface area contributed by atoms with E-state index in [1.807, 2.05) is 0 Å². The molecule has 0 atom stereocenters. The summed E-state index contributed by atoms with van der Waals surface area (Å²) in [5.74, 6) is 4.71. The molecule has 0 spiro atoms. The lowest BCUT2D eigenvalue weighted by Crippen LogP contribution is -2.34. The number of sulfonamides is 1. The molecule has 0 saturated heterocycles. The molecule has 0 radical (unpaired) electrons. The molecule has 0 saturated carbocycles. The van der Waals surface area contributed by atoms with Gasteiger partial charge in [0.15, 0.2) is 5.82 Å². The summed E-state index contributed by atoms with van der Waals surface area (Å²) in [4.78, 5) is 19.8. The average molecular weight is 487 g/mol. The zero-order chi connectivity index (χ0) is 20.2. The molecule has 4 N–H and O–H groups in total. The summed E-state index contributed by atoms with van der Waals surface area (Å²) in [5, 5.41) is 1.33. The highest BCUT2D eigenvalue weighted by Gasteiger charge is 2.21. The third kappa shape index (κ3) is 7.57. The van der Waals surface area contributed by atoms with Gasteiger partial charge in [-0.3, -0.25) is 4.79 Å². The summed E-state index contributed by atoms with van der Waals surface area (Å²) in [6.45, 7) is 4.58. The number of nitrogens with zero attached hydrogens (tertiary/aromatic N) is 2. The largest absolute Gasteiger partial charge is 0.459 e. The van der Waals surface area contributed by atoms with Crippen molar-refractivity contribution in [2.24, 2.45) is 10.8 Å². The van der Waals surface area contributed by atoms with Crippen molar-refractivity contribution in [3.05, 3.63) is 29.4 Å². The highest BCUT2D eigenvalue weighted by molar-refractivity contribution is 7.89. The summed E-state index contributed by atoms with van der Waals surface area (Å²) in [7, 11) is -3.97. The highest BCUT2D eigenvalue weighted by atomic mass is 35.5. The maximum Gasteiger partial charge on any atom is 0.321 e. The highest BCUT2D eigenvalue weighted by Crippen LogP contribution is 2.31. The van der Waals surface area contributed by atoms with Crippen LogP contribution in [0.2, 0.25) is 5.02 Å². The number of aromatic nitrogens is 1. The number of halogens is 3. The molecule has 0 fully saturated rings. The molecule has 29 heavy (non-hydrogen) atoms. The quantitative estimate of drug-likeness (QED) is 0.188. The van der Waals surface area contributed by atoms with Gasteiger partial charge in [0.1, 0.15) is 18.5 Å². The molecule has 1 heterocycles. The number of benzene rings is 1. The number of hydrogen-bond acceptors (Lipinski definition) is 7.